The molecule has 2 aromatic carbocycles. The van der Waals surface area contributed by atoms with Gasteiger partial charge in [-0.2, -0.15) is 13.2 Å². The zero-order valence-corrected chi connectivity index (χ0v) is 20.0. The summed E-state index contributed by atoms with van der Waals surface area (Å²) in [7, 11) is 1.69. The van der Waals surface area contributed by atoms with Crippen LogP contribution in [0.1, 0.15) is 45.2 Å². The molecular formula is C25H30F3N5O. The molecule has 0 amide bonds. The highest BCUT2D eigenvalue weighted by Gasteiger charge is 2.32. The number of alkyl halides is 3. The number of halogens is 3. The molecule has 9 heteroatoms. The van der Waals surface area contributed by atoms with Crippen molar-refractivity contribution in [3.63, 3.8) is 0 Å². The normalized spacial score (nSPS) is 10.6. The molecule has 0 saturated heterocycles. The van der Waals surface area contributed by atoms with E-state index in [4.69, 9.17) is 4.74 Å². The SMILES string of the molecule is CC.CCC.CNc1nnc(-c2ccc(C(F)(F)F)cc2OCc2ccccc2)n2ccnc12. The summed E-state index contributed by atoms with van der Waals surface area (Å²) in [5.41, 5.74) is 0.921. The van der Waals surface area contributed by atoms with Crippen LogP contribution in [0.15, 0.2) is 60.9 Å². The second-order valence-electron chi connectivity index (χ2n) is 6.93. The third-order valence-electron chi connectivity index (χ3n) is 4.35. The summed E-state index contributed by atoms with van der Waals surface area (Å²) in [4.78, 5) is 4.23. The summed E-state index contributed by atoms with van der Waals surface area (Å²) in [6.45, 7) is 8.37. The fraction of sp³-hybridized carbons (Fsp3) is 0.320. The monoisotopic (exact) mass is 473 g/mol. The van der Waals surface area contributed by atoms with Crippen molar-refractivity contribution in [2.45, 2.75) is 46.9 Å². The Morgan fingerprint density at radius 2 is 1.68 bits per heavy atom. The van der Waals surface area contributed by atoms with E-state index in [1.807, 2.05) is 44.2 Å². The Morgan fingerprint density at radius 3 is 2.29 bits per heavy atom. The molecule has 34 heavy (non-hydrogen) atoms. The number of hydrogen-bond acceptors (Lipinski definition) is 5. The van der Waals surface area contributed by atoms with Gasteiger partial charge in [0.15, 0.2) is 17.3 Å². The van der Waals surface area contributed by atoms with Crippen LogP contribution in [0.2, 0.25) is 0 Å². The van der Waals surface area contributed by atoms with Crippen molar-refractivity contribution in [3.05, 3.63) is 72.1 Å². The van der Waals surface area contributed by atoms with Gasteiger partial charge in [-0.15, -0.1) is 10.2 Å². The molecule has 4 aromatic rings. The van der Waals surface area contributed by atoms with Crippen LogP contribution in [0, 0.1) is 0 Å². The van der Waals surface area contributed by atoms with Crippen LogP contribution in [-0.2, 0) is 12.8 Å². The predicted octanol–water partition coefficient (Wildman–Crippen LogP) is 6.87. The third kappa shape index (κ3) is 6.46. The van der Waals surface area contributed by atoms with Crippen molar-refractivity contribution in [2.75, 3.05) is 12.4 Å². The van der Waals surface area contributed by atoms with Crippen LogP contribution < -0.4 is 10.1 Å². The number of imidazole rings is 1. The van der Waals surface area contributed by atoms with Gasteiger partial charge in [0.2, 0.25) is 0 Å². The van der Waals surface area contributed by atoms with Crippen molar-refractivity contribution in [3.8, 4) is 17.1 Å². The van der Waals surface area contributed by atoms with Gasteiger partial charge in [0, 0.05) is 19.4 Å². The van der Waals surface area contributed by atoms with Crippen LogP contribution >= 0.6 is 0 Å². The summed E-state index contributed by atoms with van der Waals surface area (Å²) in [6, 6.07) is 12.5. The molecule has 0 spiro atoms. The first-order valence-electron chi connectivity index (χ1n) is 11.1. The molecule has 0 radical (unpaired) electrons. The molecule has 2 aromatic heterocycles. The molecule has 0 unspecified atom stereocenters. The van der Waals surface area contributed by atoms with E-state index < -0.39 is 11.7 Å². The Labute approximate surface area is 197 Å². The third-order valence-corrected chi connectivity index (χ3v) is 4.35. The number of ether oxygens (including phenoxy) is 1. The van der Waals surface area contributed by atoms with Gasteiger partial charge in [-0.05, 0) is 23.8 Å². The molecule has 0 aliphatic heterocycles. The van der Waals surface area contributed by atoms with Gasteiger partial charge in [0.1, 0.15) is 12.4 Å². The van der Waals surface area contributed by atoms with Gasteiger partial charge < -0.3 is 10.1 Å². The second kappa shape index (κ2) is 12.6. The fourth-order valence-corrected chi connectivity index (χ4v) is 2.92. The first kappa shape index (κ1) is 26.6. The van der Waals surface area contributed by atoms with E-state index >= 15 is 0 Å². The standard InChI is InChI=1S/C20H16F3N5O.C3H8.C2H6/c1-24-17-19-25-9-10-28(19)18(27-26-17)15-8-7-14(20(21,22)23)11-16(15)29-12-13-5-3-2-4-6-13;1-3-2;1-2/h2-11H,12H2,1H3,(H,24,26);3H2,1-2H3;1-2H3. The number of rotatable bonds is 5. The lowest BCUT2D eigenvalue weighted by Gasteiger charge is -2.15. The second-order valence-corrected chi connectivity index (χ2v) is 6.93. The highest BCUT2D eigenvalue weighted by Crippen LogP contribution is 2.37. The molecule has 4 rings (SSSR count). The highest BCUT2D eigenvalue weighted by atomic mass is 19.4. The quantitative estimate of drug-likeness (QED) is 0.343. The maximum atomic E-state index is 13.3. The minimum Gasteiger partial charge on any atom is -0.488 e. The van der Waals surface area contributed by atoms with Gasteiger partial charge >= 0.3 is 6.18 Å². The number of fused-ring (bicyclic) bond motifs is 1. The van der Waals surface area contributed by atoms with E-state index in [-0.39, 0.29) is 12.4 Å². The average Bonchev–Trinajstić information content (AvgIpc) is 3.34. The number of nitrogens with zero attached hydrogens (tertiary/aromatic N) is 4. The molecule has 2 heterocycles. The van der Waals surface area contributed by atoms with E-state index in [1.165, 1.54) is 12.5 Å². The molecule has 1 N–H and O–H groups in total. The van der Waals surface area contributed by atoms with Gasteiger partial charge in [-0.3, -0.25) is 4.40 Å². The summed E-state index contributed by atoms with van der Waals surface area (Å²) < 4.78 is 47.2. The minimum atomic E-state index is -4.49. The Hall–Kier alpha value is -3.62. The summed E-state index contributed by atoms with van der Waals surface area (Å²) in [5.74, 6) is 0.843. The topological polar surface area (TPSA) is 64.3 Å². The summed E-state index contributed by atoms with van der Waals surface area (Å²) in [6.07, 6.45) is -0.00811. The first-order chi connectivity index (χ1) is 16.4. The number of anilines is 1. The van der Waals surface area contributed by atoms with E-state index in [0.29, 0.717) is 22.9 Å². The zero-order valence-electron chi connectivity index (χ0n) is 20.0. The Kier molecular flexibility index (Phi) is 9.85. The maximum Gasteiger partial charge on any atom is 0.416 e. The smallest absolute Gasteiger partial charge is 0.416 e. The molecule has 0 fully saturated rings. The van der Waals surface area contributed by atoms with Gasteiger partial charge in [-0.25, -0.2) is 4.98 Å². The van der Waals surface area contributed by atoms with Crippen molar-refractivity contribution >= 4 is 11.5 Å². The first-order valence-corrected chi connectivity index (χ1v) is 11.1. The number of aromatic nitrogens is 4. The molecule has 0 atom stereocenters. The molecule has 0 aliphatic carbocycles. The van der Waals surface area contributed by atoms with E-state index in [2.05, 4.69) is 34.3 Å². The van der Waals surface area contributed by atoms with Crippen LogP contribution in [-0.4, -0.2) is 26.6 Å². The zero-order chi connectivity index (χ0) is 25.1. The Morgan fingerprint density at radius 1 is 1.00 bits per heavy atom. The van der Waals surface area contributed by atoms with Crippen LogP contribution in [0.4, 0.5) is 19.0 Å². The van der Waals surface area contributed by atoms with E-state index in [9.17, 15) is 13.2 Å². The number of benzene rings is 2. The number of nitrogens with one attached hydrogen (secondary N) is 1. The van der Waals surface area contributed by atoms with Crippen LogP contribution in [0.25, 0.3) is 17.0 Å². The van der Waals surface area contributed by atoms with Crippen molar-refractivity contribution in [1.29, 1.82) is 0 Å². The fourth-order valence-electron chi connectivity index (χ4n) is 2.92. The molecule has 0 aliphatic rings. The van der Waals surface area contributed by atoms with Crippen molar-refractivity contribution in [2.24, 2.45) is 0 Å². The lowest BCUT2D eigenvalue weighted by molar-refractivity contribution is -0.137. The van der Waals surface area contributed by atoms with Crippen molar-refractivity contribution in [1.82, 2.24) is 19.6 Å². The Bertz CT molecular complexity index is 1160. The van der Waals surface area contributed by atoms with Gasteiger partial charge in [0.25, 0.3) is 0 Å². The molecular weight excluding hydrogens is 443 g/mol. The van der Waals surface area contributed by atoms with Gasteiger partial charge in [-0.1, -0.05) is 64.4 Å². The summed E-state index contributed by atoms with van der Waals surface area (Å²) in [5, 5.41) is 11.1. The lowest BCUT2D eigenvalue weighted by atomic mass is 10.1. The van der Waals surface area contributed by atoms with E-state index in [0.717, 1.165) is 17.7 Å². The molecule has 6 nitrogen and oxygen atoms in total. The van der Waals surface area contributed by atoms with Crippen LogP contribution in [0.5, 0.6) is 5.75 Å². The van der Waals surface area contributed by atoms with Gasteiger partial charge in [0.05, 0.1) is 11.1 Å². The summed E-state index contributed by atoms with van der Waals surface area (Å²) >= 11 is 0. The minimum absolute atomic E-state index is 0.0604. The van der Waals surface area contributed by atoms with Crippen LogP contribution in [0.3, 0.4) is 0 Å². The lowest BCUT2D eigenvalue weighted by Crippen LogP contribution is -2.08. The predicted molar refractivity (Wildman–Crippen MR) is 129 cm³/mol. The average molecular weight is 474 g/mol. The Balaban J connectivity index is 0.000000758. The molecule has 0 saturated carbocycles. The molecule has 182 valence electrons. The highest BCUT2D eigenvalue weighted by molar-refractivity contribution is 5.71. The van der Waals surface area contributed by atoms with E-state index in [1.54, 1.807) is 23.8 Å². The largest absolute Gasteiger partial charge is 0.488 e. The maximum absolute atomic E-state index is 13.3. The van der Waals surface area contributed by atoms with Crippen molar-refractivity contribution < 1.29 is 17.9 Å². The number of hydrogen-bond donors (Lipinski definition) is 1. The molecule has 0 bridgehead atoms.